The van der Waals surface area contributed by atoms with Crippen LogP contribution in [0.15, 0.2) is 103 Å². The van der Waals surface area contributed by atoms with Crippen LogP contribution in [0.1, 0.15) is 150 Å². The number of rotatable bonds is 19. The van der Waals surface area contributed by atoms with Crippen LogP contribution in [0.3, 0.4) is 0 Å². The van der Waals surface area contributed by atoms with Crippen LogP contribution in [0.4, 0.5) is 13.6 Å². The number of fused-ring (bicyclic) bond motifs is 3. The summed E-state index contributed by atoms with van der Waals surface area (Å²) in [6.45, 7) is 1.02. The SMILES string of the molecule is CC(F)(F)c1ccc2[nH]c(C(=O)N[C@H]3CC[C@@H](NC(=O)NCCCCC#Cc4cccc5c4C(=O)N(C4CCC(=O)NC4=O)C5=O)C[C@H]4CC[C@@H](C(=O)N[C@@H](CCC(N)=O)C(=O)CC(c5ccccc5)c5ccccc5)N4C3=O)cc2c1. The largest absolute Gasteiger partial charge is 0.370 e. The molecule has 6 atom stereocenters. The van der Waals surface area contributed by atoms with Crippen molar-refractivity contribution in [2.45, 2.75) is 138 Å². The number of benzene rings is 4. The molecule has 82 heavy (non-hydrogen) atoms. The molecule has 9 rings (SSSR count). The molecule has 10 amide bonds. The van der Waals surface area contributed by atoms with Crippen LogP contribution in [-0.4, -0.2) is 117 Å². The van der Waals surface area contributed by atoms with Gasteiger partial charge in [-0.15, -0.1) is 0 Å². The molecule has 0 saturated carbocycles. The quantitative estimate of drug-likeness (QED) is 0.0299. The van der Waals surface area contributed by atoms with Gasteiger partial charge >= 0.3 is 6.03 Å². The molecule has 5 aromatic rings. The van der Waals surface area contributed by atoms with Crippen LogP contribution in [0.5, 0.6) is 0 Å². The van der Waals surface area contributed by atoms with Crippen LogP contribution in [0.25, 0.3) is 10.9 Å². The third-order valence-corrected chi connectivity index (χ3v) is 15.6. The van der Waals surface area contributed by atoms with Crippen LogP contribution >= 0.6 is 0 Å². The van der Waals surface area contributed by atoms with E-state index < -0.39 is 95.5 Å². The van der Waals surface area contributed by atoms with Crippen molar-refractivity contribution in [1.29, 1.82) is 0 Å². The number of nitrogens with one attached hydrogen (secondary N) is 6. The minimum absolute atomic E-state index is 0.00220. The molecule has 1 aromatic heterocycles. The van der Waals surface area contributed by atoms with Crippen molar-refractivity contribution in [2.24, 2.45) is 5.73 Å². The average Bonchev–Trinajstić information content (AvgIpc) is 4.35. The number of carbonyl (C=O) groups is 10. The van der Waals surface area contributed by atoms with Gasteiger partial charge < -0.3 is 36.9 Å². The summed E-state index contributed by atoms with van der Waals surface area (Å²) in [4.78, 5) is 140. The second-order valence-corrected chi connectivity index (χ2v) is 21.3. The zero-order valence-electron chi connectivity index (χ0n) is 45.1. The van der Waals surface area contributed by atoms with Gasteiger partial charge in [-0.25, -0.2) is 13.6 Å². The van der Waals surface area contributed by atoms with Gasteiger partial charge in [0.1, 0.15) is 23.8 Å². The maximum absolute atomic E-state index is 14.9. The molecular weight excluding hydrogens is 1060 g/mol. The van der Waals surface area contributed by atoms with Gasteiger partial charge in [0.25, 0.3) is 23.6 Å². The lowest BCUT2D eigenvalue weighted by molar-refractivity contribution is -0.143. The summed E-state index contributed by atoms with van der Waals surface area (Å²) in [5, 5.41) is 14.1. The molecule has 4 aliphatic heterocycles. The van der Waals surface area contributed by atoms with Crippen molar-refractivity contribution in [3.63, 3.8) is 0 Å². The van der Waals surface area contributed by atoms with Gasteiger partial charge in [0.2, 0.25) is 29.5 Å². The number of aromatic amines is 1. The van der Waals surface area contributed by atoms with Gasteiger partial charge in [0.05, 0.1) is 17.2 Å². The third kappa shape index (κ3) is 13.2. The van der Waals surface area contributed by atoms with E-state index in [0.717, 1.165) is 23.0 Å². The van der Waals surface area contributed by atoms with E-state index in [1.54, 1.807) is 12.1 Å². The molecule has 4 aromatic carbocycles. The Morgan fingerprint density at radius 1 is 0.817 bits per heavy atom. The van der Waals surface area contributed by atoms with Crippen molar-refractivity contribution >= 4 is 70.0 Å². The number of nitrogens with two attached hydrogens (primary N) is 1. The number of imide groups is 2. The fourth-order valence-electron chi connectivity index (χ4n) is 11.4. The van der Waals surface area contributed by atoms with E-state index in [1.165, 1.54) is 35.2 Å². The lowest BCUT2D eigenvalue weighted by atomic mass is 9.85. The zero-order valence-corrected chi connectivity index (χ0v) is 45.1. The normalized spacial score (nSPS) is 20.2. The Morgan fingerprint density at radius 3 is 2.24 bits per heavy atom. The van der Waals surface area contributed by atoms with E-state index in [2.05, 4.69) is 43.4 Å². The van der Waals surface area contributed by atoms with E-state index in [0.29, 0.717) is 42.1 Å². The second kappa shape index (κ2) is 25.2. The molecule has 8 N–H and O–H groups in total. The number of hydrogen-bond donors (Lipinski definition) is 7. The molecule has 426 valence electrons. The molecule has 19 nitrogen and oxygen atoms in total. The predicted molar refractivity (Wildman–Crippen MR) is 296 cm³/mol. The standard InChI is InChI=1S/C61H63F2N9O10/c1-61(62,63)39-20-23-44-38(31-39)32-47(67-44)54(76)69-46-24-21-40(66-60(82)65-30-11-3-2-6-17-37-18-12-19-42-53(37)59(81)72(57(42)79)49-27-29-52(75)70-56(49)78)33-41-22-26-48(71(41)58(46)80)55(77)68-45(25-28-51(64)74)50(73)34-43(35-13-7-4-8-14-35)36-15-9-5-10-16-36/h4-5,7-10,12-16,18-20,23,31-32,40-41,43,45-46,48-49,67H,2-3,11,21-22,24-30,33-34H2,1H3,(H2,64,74)(H,68,77)(H,69,76)(H2,65,66,82)(H,70,75,78)/t40-,41-,45+,46+,48+,49?/m1/s1. The molecule has 1 unspecified atom stereocenters. The predicted octanol–water partition coefficient (Wildman–Crippen LogP) is 5.75. The van der Waals surface area contributed by atoms with E-state index in [-0.39, 0.29) is 98.4 Å². The highest BCUT2D eigenvalue weighted by Crippen LogP contribution is 2.35. The van der Waals surface area contributed by atoms with Crippen LogP contribution in [0.2, 0.25) is 0 Å². The number of amides is 10. The van der Waals surface area contributed by atoms with Crippen molar-refractivity contribution in [3.8, 4) is 11.8 Å². The fourth-order valence-corrected chi connectivity index (χ4v) is 11.4. The highest BCUT2D eigenvalue weighted by Gasteiger charge is 2.48. The Morgan fingerprint density at radius 2 is 1.55 bits per heavy atom. The molecule has 3 fully saturated rings. The number of urea groups is 1. The number of nitrogens with zero attached hydrogens (tertiary/aromatic N) is 2. The lowest BCUT2D eigenvalue weighted by Gasteiger charge is -2.38. The lowest BCUT2D eigenvalue weighted by Crippen LogP contribution is -2.59. The molecule has 4 aliphatic rings. The van der Waals surface area contributed by atoms with Crippen molar-refractivity contribution in [1.82, 2.24) is 41.4 Å². The Labute approximate surface area is 471 Å². The number of H-pyrrole nitrogens is 1. The molecule has 0 aliphatic carbocycles. The maximum atomic E-state index is 14.9. The minimum Gasteiger partial charge on any atom is -0.370 e. The van der Waals surface area contributed by atoms with Crippen molar-refractivity contribution in [2.75, 3.05) is 6.54 Å². The Balaban J connectivity index is 0.865. The number of aromatic nitrogens is 1. The monoisotopic (exact) mass is 1120 g/mol. The van der Waals surface area contributed by atoms with Crippen LogP contribution in [0, 0.1) is 11.8 Å². The first-order valence-electron chi connectivity index (χ1n) is 27.6. The Kier molecular flexibility index (Phi) is 17.7. The summed E-state index contributed by atoms with van der Waals surface area (Å²) in [7, 11) is 0. The minimum atomic E-state index is -3.14. The number of unbranched alkanes of at least 4 members (excludes halogenated alkanes) is 2. The van der Waals surface area contributed by atoms with Crippen molar-refractivity contribution in [3.05, 3.63) is 142 Å². The van der Waals surface area contributed by atoms with Gasteiger partial charge in [0.15, 0.2) is 5.78 Å². The van der Waals surface area contributed by atoms with Gasteiger partial charge in [0, 0.05) is 79.2 Å². The first kappa shape index (κ1) is 57.6. The molecular formula is C61H63F2N9O10. The van der Waals surface area contributed by atoms with Gasteiger partial charge in [-0.05, 0) is 99.2 Å². The van der Waals surface area contributed by atoms with Crippen LogP contribution in [-0.2, 0) is 34.7 Å². The molecule has 3 saturated heterocycles. The highest BCUT2D eigenvalue weighted by atomic mass is 19.3. The zero-order chi connectivity index (χ0) is 58.2. The summed E-state index contributed by atoms with van der Waals surface area (Å²) < 4.78 is 28.5. The summed E-state index contributed by atoms with van der Waals surface area (Å²) in [6.07, 6.45) is 2.12. The number of alkyl halides is 2. The first-order chi connectivity index (χ1) is 39.3. The summed E-state index contributed by atoms with van der Waals surface area (Å²) in [5.74, 6) is -2.94. The molecule has 21 heteroatoms. The van der Waals surface area contributed by atoms with E-state index in [9.17, 15) is 56.7 Å². The molecule has 5 heterocycles. The maximum Gasteiger partial charge on any atom is 0.315 e. The van der Waals surface area contributed by atoms with E-state index in [1.807, 2.05) is 60.7 Å². The van der Waals surface area contributed by atoms with Gasteiger partial charge in [-0.2, -0.15) is 0 Å². The van der Waals surface area contributed by atoms with Gasteiger partial charge in [-0.1, -0.05) is 84.6 Å². The number of ketones is 1. The highest BCUT2D eigenvalue weighted by molar-refractivity contribution is 6.24. The number of hydrogen-bond acceptors (Lipinski definition) is 10. The topological polar surface area (TPSA) is 279 Å². The number of piperidine rings is 1. The first-order valence-corrected chi connectivity index (χ1v) is 27.6. The second-order valence-electron chi connectivity index (χ2n) is 21.3. The number of Topliss-reactive ketones (excluding diaryl/α,β-unsaturated/α-hetero) is 1. The van der Waals surface area contributed by atoms with Crippen LogP contribution < -0.4 is 32.3 Å². The smallest absolute Gasteiger partial charge is 0.315 e. The Bertz CT molecular complexity index is 3350. The van der Waals surface area contributed by atoms with Crippen molar-refractivity contribution < 1.29 is 56.7 Å². The third-order valence-electron chi connectivity index (χ3n) is 15.6. The average molecular weight is 1120 g/mol. The van der Waals surface area contributed by atoms with E-state index in [4.69, 9.17) is 5.73 Å². The fraction of sp³-hybridized carbons (Fsp3) is 0.377. The summed E-state index contributed by atoms with van der Waals surface area (Å²) in [5.41, 5.74) is 8.01. The number of carbonyl (C=O) groups excluding carboxylic acids is 10. The summed E-state index contributed by atoms with van der Waals surface area (Å²) in [6, 6.07) is 22.7. The molecule has 0 radical (unpaired) electrons. The van der Waals surface area contributed by atoms with Gasteiger partial charge in [-0.3, -0.25) is 53.4 Å². The number of halogens is 2. The Hall–Kier alpha value is -9.06. The van der Waals surface area contributed by atoms with E-state index >= 15 is 0 Å². The summed E-state index contributed by atoms with van der Waals surface area (Å²) >= 11 is 0. The molecule has 0 spiro atoms. The number of primary amides is 1. The molecule has 0 bridgehead atoms.